The quantitative estimate of drug-likeness (QED) is 0.295. The van der Waals surface area contributed by atoms with Gasteiger partial charge in [-0.05, 0) is 36.6 Å². The van der Waals surface area contributed by atoms with Crippen LogP contribution in [-0.4, -0.2) is 47.7 Å². The molecule has 0 amide bonds. The lowest BCUT2D eigenvalue weighted by molar-refractivity contribution is 0.204. The molecule has 0 heterocycles. The molecule has 0 aromatic heterocycles. The molecule has 3 N–H and O–H groups in total. The van der Waals surface area contributed by atoms with E-state index in [1.807, 2.05) is 25.1 Å². The first kappa shape index (κ1) is 22.9. The summed E-state index contributed by atoms with van der Waals surface area (Å²) in [6.07, 6.45) is 0.911. The molecule has 0 bridgehead atoms. The summed E-state index contributed by atoms with van der Waals surface area (Å²) in [7, 11) is -1.99. The first-order valence-electron chi connectivity index (χ1n) is 9.69. The van der Waals surface area contributed by atoms with E-state index < -0.39 is 10.0 Å². The Labute approximate surface area is 173 Å². The van der Waals surface area contributed by atoms with Gasteiger partial charge in [0.05, 0.1) is 18.0 Å². The maximum absolute atomic E-state index is 12.2. The predicted octanol–water partition coefficient (Wildman–Crippen LogP) is 1.91. The number of aliphatic imine (C=N–C) groups is 1. The van der Waals surface area contributed by atoms with Crippen molar-refractivity contribution in [3.05, 3.63) is 65.7 Å². The summed E-state index contributed by atoms with van der Waals surface area (Å²) >= 11 is 0. The van der Waals surface area contributed by atoms with Crippen molar-refractivity contribution in [2.45, 2.75) is 24.8 Å². The molecule has 2 aromatic carbocycles. The monoisotopic (exact) mass is 418 g/mol. The molecule has 29 heavy (non-hydrogen) atoms. The van der Waals surface area contributed by atoms with Gasteiger partial charge in [0, 0.05) is 26.7 Å². The maximum Gasteiger partial charge on any atom is 0.240 e. The van der Waals surface area contributed by atoms with Gasteiger partial charge in [0.2, 0.25) is 10.0 Å². The van der Waals surface area contributed by atoms with Crippen LogP contribution in [0.5, 0.6) is 0 Å². The molecule has 0 saturated carbocycles. The Balaban J connectivity index is 1.91. The molecule has 7 nitrogen and oxygen atoms in total. The molecule has 0 radical (unpaired) electrons. The highest BCUT2D eigenvalue weighted by atomic mass is 32.2. The molecule has 0 unspecified atom stereocenters. The zero-order chi connectivity index (χ0) is 21.0. The first-order valence-corrected chi connectivity index (χ1v) is 11.2. The number of benzene rings is 2. The number of sulfonamides is 1. The highest BCUT2D eigenvalue weighted by Gasteiger charge is 2.12. The molecular weight excluding hydrogens is 388 g/mol. The van der Waals surface area contributed by atoms with E-state index in [0.717, 1.165) is 31.0 Å². The molecule has 2 rings (SSSR count). The van der Waals surface area contributed by atoms with Crippen LogP contribution in [0.4, 0.5) is 0 Å². The van der Waals surface area contributed by atoms with Gasteiger partial charge in [-0.3, -0.25) is 0 Å². The average Bonchev–Trinajstić information content (AvgIpc) is 2.73. The van der Waals surface area contributed by atoms with Crippen molar-refractivity contribution in [2.75, 3.05) is 33.4 Å². The standard InChI is InChI=1S/C21H30N4O3S/c1-3-22-21(23-14-13-18-7-5-4-6-8-18)24-17-19-9-11-20(12-10-19)29(26,27)25-15-16-28-2/h4-12,25H,3,13-17H2,1-2H3,(H2,22,23,24). The van der Waals surface area contributed by atoms with Crippen molar-refractivity contribution in [3.63, 3.8) is 0 Å². The molecule has 158 valence electrons. The number of hydrogen-bond donors (Lipinski definition) is 3. The van der Waals surface area contributed by atoms with Crippen molar-refractivity contribution in [1.82, 2.24) is 15.4 Å². The van der Waals surface area contributed by atoms with E-state index in [1.165, 1.54) is 12.7 Å². The lowest BCUT2D eigenvalue weighted by Crippen LogP contribution is -2.38. The molecule has 0 fully saturated rings. The lowest BCUT2D eigenvalue weighted by Gasteiger charge is -2.11. The van der Waals surface area contributed by atoms with Crippen LogP contribution >= 0.6 is 0 Å². The van der Waals surface area contributed by atoms with E-state index in [-0.39, 0.29) is 11.4 Å². The summed E-state index contributed by atoms with van der Waals surface area (Å²) in [6, 6.07) is 17.0. The van der Waals surface area contributed by atoms with Crippen LogP contribution in [0.3, 0.4) is 0 Å². The molecule has 2 aromatic rings. The average molecular weight is 419 g/mol. The van der Waals surface area contributed by atoms with E-state index in [2.05, 4.69) is 32.5 Å². The van der Waals surface area contributed by atoms with Gasteiger partial charge in [-0.15, -0.1) is 0 Å². The largest absolute Gasteiger partial charge is 0.383 e. The molecule has 0 saturated heterocycles. The van der Waals surface area contributed by atoms with Crippen LogP contribution in [0.1, 0.15) is 18.1 Å². The Kier molecular flexibility index (Phi) is 9.63. The van der Waals surface area contributed by atoms with Crippen molar-refractivity contribution in [1.29, 1.82) is 0 Å². The Bertz CT molecular complexity index is 853. The van der Waals surface area contributed by atoms with Gasteiger partial charge >= 0.3 is 0 Å². The van der Waals surface area contributed by atoms with Crippen LogP contribution < -0.4 is 15.4 Å². The number of nitrogens with one attached hydrogen (secondary N) is 3. The Morgan fingerprint density at radius 3 is 2.34 bits per heavy atom. The number of nitrogens with zero attached hydrogens (tertiary/aromatic N) is 1. The molecule has 0 atom stereocenters. The number of methoxy groups -OCH3 is 1. The summed E-state index contributed by atoms with van der Waals surface area (Å²) in [5.74, 6) is 0.737. The fourth-order valence-corrected chi connectivity index (χ4v) is 3.63. The summed E-state index contributed by atoms with van der Waals surface area (Å²) in [5, 5.41) is 6.55. The smallest absolute Gasteiger partial charge is 0.240 e. The normalized spacial score (nSPS) is 12.0. The summed E-state index contributed by atoms with van der Waals surface area (Å²) in [6.45, 7) is 4.59. The van der Waals surface area contributed by atoms with Crippen LogP contribution in [0.15, 0.2) is 64.5 Å². The third-order valence-corrected chi connectivity index (χ3v) is 5.62. The van der Waals surface area contributed by atoms with Crippen molar-refractivity contribution in [3.8, 4) is 0 Å². The minimum absolute atomic E-state index is 0.231. The first-order chi connectivity index (χ1) is 14.0. The van der Waals surface area contributed by atoms with Gasteiger partial charge < -0.3 is 15.4 Å². The highest BCUT2D eigenvalue weighted by molar-refractivity contribution is 7.89. The second kappa shape index (κ2) is 12.2. The van der Waals surface area contributed by atoms with E-state index in [0.29, 0.717) is 13.2 Å². The molecule has 0 aliphatic rings. The van der Waals surface area contributed by atoms with Gasteiger partial charge in [-0.1, -0.05) is 42.5 Å². The fraction of sp³-hybridized carbons (Fsp3) is 0.381. The van der Waals surface area contributed by atoms with Crippen molar-refractivity contribution < 1.29 is 13.2 Å². The summed E-state index contributed by atoms with van der Waals surface area (Å²) in [5.41, 5.74) is 2.20. The van der Waals surface area contributed by atoms with Crippen molar-refractivity contribution >= 4 is 16.0 Å². The molecular formula is C21H30N4O3S. The van der Waals surface area contributed by atoms with Gasteiger partial charge in [-0.25, -0.2) is 18.1 Å². The summed E-state index contributed by atoms with van der Waals surface area (Å²) in [4.78, 5) is 4.81. The van der Waals surface area contributed by atoms with Gasteiger partial charge in [0.1, 0.15) is 0 Å². The second-order valence-corrected chi connectivity index (χ2v) is 8.16. The predicted molar refractivity (Wildman–Crippen MR) is 116 cm³/mol. The third kappa shape index (κ3) is 8.23. The second-order valence-electron chi connectivity index (χ2n) is 6.39. The molecule has 0 aliphatic heterocycles. The topological polar surface area (TPSA) is 91.8 Å². The minimum atomic E-state index is -3.52. The molecule has 8 heteroatoms. The van der Waals surface area contributed by atoms with Crippen LogP contribution in [0, 0.1) is 0 Å². The third-order valence-electron chi connectivity index (χ3n) is 4.14. The maximum atomic E-state index is 12.2. The Morgan fingerprint density at radius 1 is 0.966 bits per heavy atom. The Hall–Kier alpha value is -2.42. The lowest BCUT2D eigenvalue weighted by atomic mass is 10.1. The highest BCUT2D eigenvalue weighted by Crippen LogP contribution is 2.11. The zero-order valence-corrected chi connectivity index (χ0v) is 17.8. The number of guanidine groups is 1. The Morgan fingerprint density at radius 2 is 1.69 bits per heavy atom. The SMILES string of the molecule is CCNC(=NCc1ccc(S(=O)(=O)NCCOC)cc1)NCCc1ccccc1. The molecule has 0 spiro atoms. The van der Waals surface area contributed by atoms with Crippen LogP contribution in [0.2, 0.25) is 0 Å². The van der Waals surface area contributed by atoms with Gasteiger partial charge in [0.25, 0.3) is 0 Å². The van der Waals surface area contributed by atoms with E-state index in [4.69, 9.17) is 4.74 Å². The summed E-state index contributed by atoms with van der Waals surface area (Å²) < 4.78 is 31.7. The number of rotatable bonds is 11. The van der Waals surface area contributed by atoms with Crippen molar-refractivity contribution in [2.24, 2.45) is 4.99 Å². The van der Waals surface area contributed by atoms with Crippen LogP contribution in [-0.2, 0) is 27.7 Å². The van der Waals surface area contributed by atoms with Gasteiger partial charge in [-0.2, -0.15) is 0 Å². The number of hydrogen-bond acceptors (Lipinski definition) is 4. The zero-order valence-electron chi connectivity index (χ0n) is 17.0. The van der Waals surface area contributed by atoms with Crippen LogP contribution in [0.25, 0.3) is 0 Å². The molecule has 0 aliphatic carbocycles. The fourth-order valence-electron chi connectivity index (χ4n) is 2.62. The van der Waals surface area contributed by atoms with E-state index >= 15 is 0 Å². The number of ether oxygens (including phenoxy) is 1. The van der Waals surface area contributed by atoms with E-state index in [9.17, 15) is 8.42 Å². The van der Waals surface area contributed by atoms with Gasteiger partial charge in [0.15, 0.2) is 5.96 Å². The van der Waals surface area contributed by atoms with E-state index in [1.54, 1.807) is 24.3 Å². The minimum Gasteiger partial charge on any atom is -0.383 e.